The van der Waals surface area contributed by atoms with Crippen molar-refractivity contribution in [1.29, 1.82) is 0 Å². The molecular formula is C6H15N3. The maximum absolute atomic E-state index is 3.11. The second-order valence-electron chi connectivity index (χ2n) is 3.20. The summed E-state index contributed by atoms with van der Waals surface area (Å²) in [7, 11) is 2.12. The second-order valence-corrected chi connectivity index (χ2v) is 3.20. The maximum atomic E-state index is 3.11. The molecule has 1 heterocycles. The summed E-state index contributed by atoms with van der Waals surface area (Å²) in [5, 5.41) is 0. The van der Waals surface area contributed by atoms with Gasteiger partial charge < -0.3 is 0 Å². The second kappa shape index (κ2) is 2.25. The van der Waals surface area contributed by atoms with E-state index in [-0.39, 0.29) is 0 Å². The van der Waals surface area contributed by atoms with Gasteiger partial charge in [-0.15, -0.1) is 0 Å². The van der Waals surface area contributed by atoms with Crippen LogP contribution in [-0.4, -0.2) is 30.7 Å². The molecule has 0 spiro atoms. The van der Waals surface area contributed by atoms with Crippen LogP contribution in [0.4, 0.5) is 0 Å². The first kappa shape index (κ1) is 6.99. The van der Waals surface area contributed by atoms with Crippen molar-refractivity contribution in [1.82, 2.24) is 15.8 Å². The summed E-state index contributed by atoms with van der Waals surface area (Å²) in [5.74, 6) is 0. The summed E-state index contributed by atoms with van der Waals surface area (Å²) < 4.78 is 0. The highest BCUT2D eigenvalue weighted by Gasteiger charge is 2.25. The molecule has 0 unspecified atom stereocenters. The molecule has 0 bridgehead atoms. The van der Waals surface area contributed by atoms with E-state index in [9.17, 15) is 0 Å². The van der Waals surface area contributed by atoms with Crippen molar-refractivity contribution in [2.24, 2.45) is 0 Å². The summed E-state index contributed by atoms with van der Waals surface area (Å²) in [4.78, 5) is 2.28. The lowest BCUT2D eigenvalue weighted by molar-refractivity contribution is 0.0890. The lowest BCUT2D eigenvalue weighted by Crippen LogP contribution is -2.61. The minimum atomic E-state index is 0.297. The number of nitrogens with zero attached hydrogens (tertiary/aromatic N) is 1. The molecular weight excluding hydrogens is 114 g/mol. The summed E-state index contributed by atoms with van der Waals surface area (Å²) >= 11 is 0. The highest BCUT2D eigenvalue weighted by Crippen LogP contribution is 2.10. The molecule has 3 heteroatoms. The van der Waals surface area contributed by atoms with Gasteiger partial charge in [0, 0.05) is 12.1 Å². The van der Waals surface area contributed by atoms with Gasteiger partial charge >= 0.3 is 0 Å². The van der Waals surface area contributed by atoms with E-state index < -0.39 is 0 Å². The predicted molar refractivity (Wildman–Crippen MR) is 37.8 cm³/mol. The number of nitrogens with one attached hydrogen (secondary N) is 2. The Labute approximate surface area is 56.4 Å². The van der Waals surface area contributed by atoms with E-state index >= 15 is 0 Å². The molecule has 2 N–H and O–H groups in total. The Balaban J connectivity index is 2.49. The van der Waals surface area contributed by atoms with Crippen molar-refractivity contribution in [3.8, 4) is 0 Å². The Kier molecular flexibility index (Phi) is 1.75. The molecule has 0 aliphatic carbocycles. The first-order chi connectivity index (χ1) is 4.13. The normalized spacial score (nSPS) is 28.3. The van der Waals surface area contributed by atoms with Gasteiger partial charge in [-0.1, -0.05) is 0 Å². The van der Waals surface area contributed by atoms with Crippen LogP contribution >= 0.6 is 0 Å². The van der Waals surface area contributed by atoms with Crippen molar-refractivity contribution in [2.45, 2.75) is 19.4 Å². The quantitative estimate of drug-likeness (QED) is 0.473. The molecule has 0 atom stereocenters. The van der Waals surface area contributed by atoms with Gasteiger partial charge in [0.05, 0.1) is 6.67 Å². The molecule has 0 aromatic carbocycles. The van der Waals surface area contributed by atoms with E-state index in [0.29, 0.717) is 5.54 Å². The zero-order chi connectivity index (χ0) is 6.91. The van der Waals surface area contributed by atoms with Gasteiger partial charge in [0.15, 0.2) is 0 Å². The van der Waals surface area contributed by atoms with Crippen LogP contribution in [0.25, 0.3) is 0 Å². The highest BCUT2D eigenvalue weighted by atomic mass is 15.5. The van der Waals surface area contributed by atoms with Crippen LogP contribution < -0.4 is 10.9 Å². The molecule has 0 aromatic heterocycles. The third kappa shape index (κ3) is 1.41. The van der Waals surface area contributed by atoms with Gasteiger partial charge in [-0.3, -0.25) is 10.3 Å². The number of hydrogen-bond donors (Lipinski definition) is 2. The van der Waals surface area contributed by atoms with E-state index in [1.165, 1.54) is 0 Å². The van der Waals surface area contributed by atoms with E-state index in [1.54, 1.807) is 0 Å². The molecule has 54 valence electrons. The molecule has 1 aliphatic heterocycles. The summed E-state index contributed by atoms with van der Waals surface area (Å²) in [6, 6.07) is 0. The SMILES string of the molecule is CN1CNNCC1(C)C. The fraction of sp³-hybridized carbons (Fsp3) is 1.00. The Bertz CT molecular complexity index is 100. The predicted octanol–water partition coefficient (Wildman–Crippen LogP) is -0.238. The third-order valence-corrected chi connectivity index (χ3v) is 2.00. The van der Waals surface area contributed by atoms with E-state index in [0.717, 1.165) is 13.2 Å². The monoisotopic (exact) mass is 129 g/mol. The van der Waals surface area contributed by atoms with Crippen molar-refractivity contribution in [3.63, 3.8) is 0 Å². The van der Waals surface area contributed by atoms with Gasteiger partial charge in [-0.25, -0.2) is 5.43 Å². The van der Waals surface area contributed by atoms with Gasteiger partial charge in [0.1, 0.15) is 0 Å². The Hall–Kier alpha value is -0.120. The van der Waals surface area contributed by atoms with Gasteiger partial charge in [0.25, 0.3) is 0 Å². The molecule has 1 fully saturated rings. The fourth-order valence-electron chi connectivity index (χ4n) is 0.802. The van der Waals surface area contributed by atoms with E-state index in [1.807, 2.05) is 0 Å². The number of likely N-dealkylation sites (N-methyl/N-ethyl adjacent to an activating group) is 1. The molecule has 3 nitrogen and oxygen atoms in total. The van der Waals surface area contributed by atoms with Gasteiger partial charge in [0.2, 0.25) is 0 Å². The van der Waals surface area contributed by atoms with E-state index in [2.05, 4.69) is 36.6 Å². The van der Waals surface area contributed by atoms with Crippen LogP contribution in [0.5, 0.6) is 0 Å². The lowest BCUT2D eigenvalue weighted by atomic mass is 10.0. The van der Waals surface area contributed by atoms with Crippen molar-refractivity contribution >= 4 is 0 Å². The zero-order valence-corrected chi connectivity index (χ0v) is 6.36. The topological polar surface area (TPSA) is 27.3 Å². The largest absolute Gasteiger partial charge is 0.286 e. The molecule has 0 radical (unpaired) electrons. The molecule has 1 saturated heterocycles. The van der Waals surface area contributed by atoms with Crippen LogP contribution in [0.1, 0.15) is 13.8 Å². The minimum absolute atomic E-state index is 0.297. The summed E-state index contributed by atoms with van der Waals surface area (Å²) in [6.45, 7) is 6.37. The first-order valence-corrected chi connectivity index (χ1v) is 3.30. The Morgan fingerprint density at radius 1 is 1.33 bits per heavy atom. The lowest BCUT2D eigenvalue weighted by Gasteiger charge is -2.40. The molecule has 1 aliphatic rings. The van der Waals surface area contributed by atoms with Crippen LogP contribution in [0.3, 0.4) is 0 Å². The third-order valence-electron chi connectivity index (χ3n) is 2.00. The average Bonchev–Trinajstić information content (AvgIpc) is 1.77. The fourth-order valence-corrected chi connectivity index (χ4v) is 0.802. The summed E-state index contributed by atoms with van der Waals surface area (Å²) in [6.07, 6.45) is 0. The van der Waals surface area contributed by atoms with Gasteiger partial charge in [-0.05, 0) is 20.9 Å². The average molecular weight is 129 g/mol. The van der Waals surface area contributed by atoms with Crippen LogP contribution in [-0.2, 0) is 0 Å². The molecule has 0 aromatic rings. The zero-order valence-electron chi connectivity index (χ0n) is 6.36. The maximum Gasteiger partial charge on any atom is 0.0617 e. The van der Waals surface area contributed by atoms with Crippen LogP contribution in [0.2, 0.25) is 0 Å². The Morgan fingerprint density at radius 2 is 2.00 bits per heavy atom. The van der Waals surface area contributed by atoms with E-state index in [4.69, 9.17) is 0 Å². The molecule has 9 heavy (non-hydrogen) atoms. The van der Waals surface area contributed by atoms with Crippen LogP contribution in [0.15, 0.2) is 0 Å². The number of hydrazine groups is 1. The molecule has 1 rings (SSSR count). The van der Waals surface area contributed by atoms with Crippen molar-refractivity contribution < 1.29 is 0 Å². The standard InChI is InChI=1S/C6H15N3/c1-6(2)4-7-8-5-9(6)3/h7-8H,4-5H2,1-3H3. The molecule has 0 saturated carbocycles. The first-order valence-electron chi connectivity index (χ1n) is 3.30. The number of hydrogen-bond acceptors (Lipinski definition) is 3. The van der Waals surface area contributed by atoms with Crippen molar-refractivity contribution in [2.75, 3.05) is 20.3 Å². The smallest absolute Gasteiger partial charge is 0.0617 e. The summed E-state index contributed by atoms with van der Waals surface area (Å²) in [5.41, 5.74) is 6.48. The Morgan fingerprint density at radius 3 is 2.33 bits per heavy atom. The molecule has 0 amide bonds. The highest BCUT2D eigenvalue weighted by molar-refractivity contribution is 4.82. The number of rotatable bonds is 0. The van der Waals surface area contributed by atoms with Crippen molar-refractivity contribution in [3.05, 3.63) is 0 Å². The van der Waals surface area contributed by atoms with Crippen LogP contribution in [0, 0.1) is 0 Å². The van der Waals surface area contributed by atoms with Gasteiger partial charge in [-0.2, -0.15) is 0 Å². The minimum Gasteiger partial charge on any atom is -0.286 e.